The van der Waals surface area contributed by atoms with Crippen LogP contribution in [0.25, 0.3) is 0 Å². The van der Waals surface area contributed by atoms with E-state index >= 15 is 0 Å². The number of halogens is 2. The molecule has 0 amide bonds. The molecule has 0 aliphatic carbocycles. The summed E-state index contributed by atoms with van der Waals surface area (Å²) < 4.78 is 1.07. The Balaban J connectivity index is 2.85. The van der Waals surface area contributed by atoms with Gasteiger partial charge in [-0.05, 0) is 40.9 Å². The number of pyridine rings is 1. The fourth-order valence-corrected chi connectivity index (χ4v) is 2.06. The molecule has 84 valence electrons. The molecule has 2 nitrogen and oxygen atoms in total. The summed E-state index contributed by atoms with van der Waals surface area (Å²) in [6.45, 7) is 6.34. The largest absolute Gasteiger partial charge is 0.356 e. The lowest BCUT2D eigenvalue weighted by Crippen LogP contribution is -2.27. The van der Waals surface area contributed by atoms with Crippen molar-refractivity contribution in [3.8, 4) is 0 Å². The van der Waals surface area contributed by atoms with E-state index in [0.717, 1.165) is 35.1 Å². The Morgan fingerprint density at radius 3 is 2.67 bits per heavy atom. The zero-order valence-electron chi connectivity index (χ0n) is 9.13. The van der Waals surface area contributed by atoms with Gasteiger partial charge in [-0.3, -0.25) is 0 Å². The van der Waals surface area contributed by atoms with Crippen LogP contribution in [0, 0.1) is 6.92 Å². The van der Waals surface area contributed by atoms with Crippen LogP contribution in [0.15, 0.2) is 16.7 Å². The molecule has 0 unspecified atom stereocenters. The molecule has 15 heavy (non-hydrogen) atoms. The maximum absolute atomic E-state index is 4.43. The van der Waals surface area contributed by atoms with Crippen molar-refractivity contribution in [2.24, 2.45) is 0 Å². The number of alkyl halides is 1. The quantitative estimate of drug-likeness (QED) is 0.761. The van der Waals surface area contributed by atoms with Gasteiger partial charge >= 0.3 is 0 Å². The average Bonchev–Trinajstić information content (AvgIpc) is 2.22. The first-order valence-corrected chi connectivity index (χ1v) is 7.03. The minimum atomic E-state index is 0.976. The second-order valence-electron chi connectivity index (χ2n) is 3.47. The minimum absolute atomic E-state index is 0.976. The van der Waals surface area contributed by atoms with Crippen LogP contribution < -0.4 is 4.90 Å². The van der Waals surface area contributed by atoms with Gasteiger partial charge in [-0.25, -0.2) is 4.98 Å². The van der Waals surface area contributed by atoms with Gasteiger partial charge in [0.1, 0.15) is 5.82 Å². The molecule has 1 heterocycles. The van der Waals surface area contributed by atoms with Gasteiger partial charge in [0.2, 0.25) is 0 Å². The molecule has 0 fully saturated rings. The number of anilines is 1. The molecule has 0 saturated carbocycles. The van der Waals surface area contributed by atoms with Crippen LogP contribution in [0.1, 0.15) is 18.9 Å². The summed E-state index contributed by atoms with van der Waals surface area (Å²) in [7, 11) is 0. The normalized spacial score (nSPS) is 10.4. The van der Waals surface area contributed by atoms with Gasteiger partial charge < -0.3 is 4.90 Å². The highest BCUT2D eigenvalue weighted by Gasteiger charge is 2.07. The van der Waals surface area contributed by atoms with Gasteiger partial charge in [-0.1, -0.05) is 22.9 Å². The molecule has 0 atom stereocenters. The topological polar surface area (TPSA) is 16.1 Å². The summed E-state index contributed by atoms with van der Waals surface area (Å²) in [4.78, 5) is 6.73. The first-order chi connectivity index (χ1) is 7.19. The van der Waals surface area contributed by atoms with Crippen molar-refractivity contribution in [1.82, 2.24) is 4.98 Å². The number of aryl methyl sites for hydroxylation is 1. The van der Waals surface area contributed by atoms with Crippen LogP contribution in [0.3, 0.4) is 0 Å². The molecule has 4 heteroatoms. The summed E-state index contributed by atoms with van der Waals surface area (Å²) in [6.07, 6.45) is 3.02. The van der Waals surface area contributed by atoms with E-state index in [4.69, 9.17) is 0 Å². The first kappa shape index (κ1) is 13.0. The minimum Gasteiger partial charge on any atom is -0.356 e. The van der Waals surface area contributed by atoms with E-state index in [1.807, 2.05) is 6.20 Å². The van der Waals surface area contributed by atoms with Gasteiger partial charge in [0, 0.05) is 29.1 Å². The van der Waals surface area contributed by atoms with E-state index in [-0.39, 0.29) is 0 Å². The predicted octanol–water partition coefficient (Wildman–Crippen LogP) is 3.76. The van der Waals surface area contributed by atoms with Crippen molar-refractivity contribution >= 4 is 37.7 Å². The van der Waals surface area contributed by atoms with Gasteiger partial charge in [0.15, 0.2) is 0 Å². The molecule has 0 aliphatic heterocycles. The van der Waals surface area contributed by atoms with Crippen LogP contribution in [-0.2, 0) is 0 Å². The Bertz CT molecular complexity index is 309. The highest BCUT2D eigenvalue weighted by Crippen LogP contribution is 2.20. The number of hydrogen-bond donors (Lipinski definition) is 0. The number of rotatable bonds is 5. The van der Waals surface area contributed by atoms with E-state index in [1.54, 1.807) is 0 Å². The molecule has 0 aromatic carbocycles. The molecule has 1 aromatic rings. The van der Waals surface area contributed by atoms with Crippen molar-refractivity contribution < 1.29 is 0 Å². The molecule has 0 bridgehead atoms. The van der Waals surface area contributed by atoms with Crippen LogP contribution in [0.4, 0.5) is 5.82 Å². The molecule has 0 aliphatic rings. The Hall–Kier alpha value is -0.0900. The van der Waals surface area contributed by atoms with Crippen molar-refractivity contribution in [3.63, 3.8) is 0 Å². The molecule has 0 N–H and O–H groups in total. The van der Waals surface area contributed by atoms with Gasteiger partial charge in [-0.2, -0.15) is 0 Å². The summed E-state index contributed by atoms with van der Waals surface area (Å²) in [5, 5.41) is 0.976. The SMILES string of the molecule is CCCN(CCBr)c1cc(C)c(Br)cn1. The third kappa shape index (κ3) is 3.76. The summed E-state index contributed by atoms with van der Waals surface area (Å²) in [5.74, 6) is 1.07. The van der Waals surface area contributed by atoms with Crippen LogP contribution in [-0.4, -0.2) is 23.4 Å². The number of aromatic nitrogens is 1. The molecule has 0 saturated heterocycles. The van der Waals surface area contributed by atoms with E-state index in [0.29, 0.717) is 0 Å². The second-order valence-corrected chi connectivity index (χ2v) is 5.12. The number of hydrogen-bond acceptors (Lipinski definition) is 2. The van der Waals surface area contributed by atoms with Gasteiger partial charge in [-0.15, -0.1) is 0 Å². The maximum Gasteiger partial charge on any atom is 0.128 e. The van der Waals surface area contributed by atoms with E-state index < -0.39 is 0 Å². The highest BCUT2D eigenvalue weighted by molar-refractivity contribution is 9.10. The summed E-state index contributed by atoms with van der Waals surface area (Å²) >= 11 is 6.94. The molecule has 1 rings (SSSR count). The molecule has 0 spiro atoms. The van der Waals surface area contributed by atoms with Crippen molar-refractivity contribution in [3.05, 3.63) is 22.3 Å². The van der Waals surface area contributed by atoms with Gasteiger partial charge in [0.05, 0.1) is 0 Å². The van der Waals surface area contributed by atoms with Crippen molar-refractivity contribution in [2.75, 3.05) is 23.3 Å². The smallest absolute Gasteiger partial charge is 0.128 e. The Labute approximate surface area is 108 Å². The Morgan fingerprint density at radius 2 is 2.13 bits per heavy atom. The highest BCUT2D eigenvalue weighted by atomic mass is 79.9. The first-order valence-electron chi connectivity index (χ1n) is 5.12. The van der Waals surface area contributed by atoms with E-state index in [1.165, 1.54) is 5.56 Å². The lowest BCUT2D eigenvalue weighted by atomic mass is 10.3. The van der Waals surface area contributed by atoms with Crippen molar-refractivity contribution in [1.29, 1.82) is 0 Å². The standard InChI is InChI=1S/C11H16Br2N2/c1-3-5-15(6-4-12)11-7-9(2)10(13)8-14-11/h7-8H,3-6H2,1-2H3. The molecular formula is C11H16Br2N2. The average molecular weight is 336 g/mol. The summed E-state index contributed by atoms with van der Waals surface area (Å²) in [6, 6.07) is 2.13. The summed E-state index contributed by atoms with van der Waals surface area (Å²) in [5.41, 5.74) is 1.23. The fraction of sp³-hybridized carbons (Fsp3) is 0.545. The van der Waals surface area contributed by atoms with E-state index in [9.17, 15) is 0 Å². The van der Waals surface area contributed by atoms with Crippen molar-refractivity contribution in [2.45, 2.75) is 20.3 Å². The van der Waals surface area contributed by atoms with Crippen LogP contribution in [0.5, 0.6) is 0 Å². The Morgan fingerprint density at radius 1 is 1.40 bits per heavy atom. The van der Waals surface area contributed by atoms with Gasteiger partial charge in [0.25, 0.3) is 0 Å². The lowest BCUT2D eigenvalue weighted by molar-refractivity contribution is 0.783. The fourth-order valence-electron chi connectivity index (χ4n) is 1.41. The zero-order chi connectivity index (χ0) is 11.3. The zero-order valence-corrected chi connectivity index (χ0v) is 12.3. The lowest BCUT2D eigenvalue weighted by Gasteiger charge is -2.22. The number of nitrogens with zero attached hydrogens (tertiary/aromatic N) is 2. The van der Waals surface area contributed by atoms with E-state index in [2.05, 4.69) is 61.7 Å². The predicted molar refractivity (Wildman–Crippen MR) is 73.0 cm³/mol. The molecule has 1 aromatic heterocycles. The van der Waals surface area contributed by atoms with Crippen LogP contribution >= 0.6 is 31.9 Å². The third-order valence-electron chi connectivity index (χ3n) is 2.20. The third-order valence-corrected chi connectivity index (χ3v) is 3.39. The second kappa shape index (κ2) is 6.48. The van der Waals surface area contributed by atoms with Crippen LogP contribution in [0.2, 0.25) is 0 Å². The Kier molecular flexibility index (Phi) is 5.61. The molecule has 0 radical (unpaired) electrons. The molecular weight excluding hydrogens is 320 g/mol. The monoisotopic (exact) mass is 334 g/mol. The maximum atomic E-state index is 4.43.